The molecule has 0 saturated heterocycles. The van der Waals surface area contributed by atoms with E-state index in [9.17, 15) is 4.79 Å². The molecule has 1 aliphatic heterocycles. The van der Waals surface area contributed by atoms with E-state index in [0.29, 0.717) is 0 Å². The van der Waals surface area contributed by atoms with E-state index < -0.39 is 0 Å². The SMILES string of the molecule is O=CC1N=CNn2cccc21. The van der Waals surface area contributed by atoms with Crippen molar-refractivity contribution in [3.05, 3.63) is 24.0 Å². The van der Waals surface area contributed by atoms with Gasteiger partial charge in [0.1, 0.15) is 12.4 Å². The van der Waals surface area contributed by atoms with Crippen LogP contribution in [0.25, 0.3) is 0 Å². The molecule has 0 aliphatic carbocycles. The van der Waals surface area contributed by atoms with Crippen LogP contribution in [-0.4, -0.2) is 17.3 Å². The molecule has 1 unspecified atom stereocenters. The van der Waals surface area contributed by atoms with E-state index in [1.54, 1.807) is 4.68 Å². The van der Waals surface area contributed by atoms with Crippen molar-refractivity contribution >= 4 is 12.6 Å². The van der Waals surface area contributed by atoms with E-state index in [4.69, 9.17) is 0 Å². The van der Waals surface area contributed by atoms with Gasteiger partial charge in [-0.25, -0.2) is 0 Å². The van der Waals surface area contributed by atoms with Crippen LogP contribution in [0.2, 0.25) is 0 Å². The predicted octanol–water partition coefficient (Wildman–Crippen LogP) is 0.313. The van der Waals surface area contributed by atoms with Crippen LogP contribution in [0.4, 0.5) is 0 Å². The zero-order chi connectivity index (χ0) is 7.68. The zero-order valence-corrected chi connectivity index (χ0v) is 5.77. The molecule has 4 nitrogen and oxygen atoms in total. The minimum Gasteiger partial charge on any atom is -0.301 e. The van der Waals surface area contributed by atoms with Crippen LogP contribution < -0.4 is 5.43 Å². The summed E-state index contributed by atoms with van der Waals surface area (Å²) in [5.41, 5.74) is 3.75. The number of nitrogens with one attached hydrogen (secondary N) is 1. The van der Waals surface area contributed by atoms with Gasteiger partial charge in [0, 0.05) is 6.20 Å². The van der Waals surface area contributed by atoms with Crippen LogP contribution >= 0.6 is 0 Å². The number of hydrogen-bond donors (Lipinski definition) is 1. The van der Waals surface area contributed by atoms with Crippen molar-refractivity contribution in [3.63, 3.8) is 0 Å². The molecule has 2 heterocycles. The molecule has 2 rings (SSSR count). The Labute approximate surface area is 63.5 Å². The third-order valence-electron chi connectivity index (χ3n) is 1.64. The van der Waals surface area contributed by atoms with Crippen LogP contribution in [0.5, 0.6) is 0 Å². The minimum atomic E-state index is -0.341. The van der Waals surface area contributed by atoms with Crippen molar-refractivity contribution in [1.29, 1.82) is 0 Å². The second-order valence-corrected chi connectivity index (χ2v) is 2.29. The predicted molar refractivity (Wildman–Crippen MR) is 41.1 cm³/mol. The molecule has 11 heavy (non-hydrogen) atoms. The highest BCUT2D eigenvalue weighted by Crippen LogP contribution is 2.16. The van der Waals surface area contributed by atoms with Gasteiger partial charge in [0.05, 0.1) is 5.69 Å². The van der Waals surface area contributed by atoms with Gasteiger partial charge in [-0.1, -0.05) is 0 Å². The van der Waals surface area contributed by atoms with Gasteiger partial charge in [0.25, 0.3) is 0 Å². The summed E-state index contributed by atoms with van der Waals surface area (Å²) in [6, 6.07) is 3.39. The number of hydrogen-bond acceptors (Lipinski definition) is 3. The quantitative estimate of drug-likeness (QED) is 0.584. The highest BCUT2D eigenvalue weighted by Gasteiger charge is 2.14. The van der Waals surface area contributed by atoms with Crippen LogP contribution in [-0.2, 0) is 4.79 Å². The molecule has 0 spiro atoms. The van der Waals surface area contributed by atoms with E-state index in [1.807, 2.05) is 18.3 Å². The molecule has 4 heteroatoms. The molecule has 1 aromatic heterocycles. The molecule has 0 saturated carbocycles. The van der Waals surface area contributed by atoms with Gasteiger partial charge in [0.2, 0.25) is 0 Å². The highest BCUT2D eigenvalue weighted by molar-refractivity contribution is 5.72. The number of aliphatic imine (C=N–C) groups is 1. The highest BCUT2D eigenvalue weighted by atomic mass is 16.1. The molecular weight excluding hydrogens is 142 g/mol. The maximum Gasteiger partial charge on any atom is 0.150 e. The second-order valence-electron chi connectivity index (χ2n) is 2.29. The fraction of sp³-hybridized carbons (Fsp3) is 0.143. The van der Waals surface area contributed by atoms with Gasteiger partial charge in [-0.05, 0) is 12.1 Å². The normalized spacial score (nSPS) is 20.5. The third-order valence-corrected chi connectivity index (χ3v) is 1.64. The molecular formula is C7H7N3O. The Morgan fingerprint density at radius 3 is 3.45 bits per heavy atom. The molecule has 0 fully saturated rings. The van der Waals surface area contributed by atoms with Gasteiger partial charge in [-0.2, -0.15) is 0 Å². The average molecular weight is 149 g/mol. The maximum atomic E-state index is 10.5. The lowest BCUT2D eigenvalue weighted by molar-refractivity contribution is -0.109. The van der Waals surface area contributed by atoms with Gasteiger partial charge in [-0.15, -0.1) is 0 Å². The molecule has 0 amide bonds. The van der Waals surface area contributed by atoms with E-state index in [2.05, 4.69) is 10.4 Å². The smallest absolute Gasteiger partial charge is 0.150 e. The van der Waals surface area contributed by atoms with Crippen LogP contribution in [0.1, 0.15) is 11.7 Å². The van der Waals surface area contributed by atoms with Gasteiger partial charge in [0.15, 0.2) is 6.29 Å². The number of fused-ring (bicyclic) bond motifs is 1. The summed E-state index contributed by atoms with van der Waals surface area (Å²) < 4.78 is 1.77. The van der Waals surface area contributed by atoms with E-state index in [1.165, 1.54) is 6.34 Å². The van der Waals surface area contributed by atoms with Crippen molar-refractivity contribution in [1.82, 2.24) is 4.68 Å². The van der Waals surface area contributed by atoms with Crippen molar-refractivity contribution in [2.45, 2.75) is 6.04 Å². The van der Waals surface area contributed by atoms with E-state index >= 15 is 0 Å². The average Bonchev–Trinajstić information content (AvgIpc) is 2.50. The molecule has 1 N–H and O–H groups in total. The summed E-state index contributed by atoms with van der Waals surface area (Å²) >= 11 is 0. The van der Waals surface area contributed by atoms with Crippen LogP contribution in [0.15, 0.2) is 23.3 Å². The monoisotopic (exact) mass is 149 g/mol. The van der Waals surface area contributed by atoms with Crippen molar-refractivity contribution in [3.8, 4) is 0 Å². The first-order valence-electron chi connectivity index (χ1n) is 3.32. The fourth-order valence-corrected chi connectivity index (χ4v) is 1.11. The summed E-state index contributed by atoms with van der Waals surface area (Å²) in [4.78, 5) is 14.4. The molecule has 1 atom stereocenters. The second kappa shape index (κ2) is 2.23. The molecule has 0 radical (unpaired) electrons. The molecule has 56 valence electrons. The number of nitrogens with zero attached hydrogens (tertiary/aromatic N) is 2. The Morgan fingerprint density at radius 2 is 2.64 bits per heavy atom. The largest absolute Gasteiger partial charge is 0.301 e. The van der Waals surface area contributed by atoms with Crippen molar-refractivity contribution in [2.75, 3.05) is 5.43 Å². The summed E-state index contributed by atoms with van der Waals surface area (Å²) in [5.74, 6) is 0. The first-order chi connectivity index (χ1) is 5.42. The lowest BCUT2D eigenvalue weighted by Gasteiger charge is -2.15. The van der Waals surface area contributed by atoms with Crippen LogP contribution in [0.3, 0.4) is 0 Å². The number of carbonyl (C=O) groups is 1. The number of carbonyl (C=O) groups excluding carboxylic acids is 1. The van der Waals surface area contributed by atoms with Crippen molar-refractivity contribution in [2.24, 2.45) is 4.99 Å². The molecule has 1 aromatic rings. The van der Waals surface area contributed by atoms with E-state index in [0.717, 1.165) is 12.0 Å². The van der Waals surface area contributed by atoms with Gasteiger partial charge >= 0.3 is 0 Å². The molecule has 1 aliphatic rings. The molecule has 0 bridgehead atoms. The summed E-state index contributed by atoms with van der Waals surface area (Å²) in [5, 5.41) is 0. The topological polar surface area (TPSA) is 46.4 Å². The summed E-state index contributed by atoms with van der Waals surface area (Å²) in [6.07, 6.45) is 4.19. The van der Waals surface area contributed by atoms with Crippen LogP contribution in [0, 0.1) is 0 Å². The van der Waals surface area contributed by atoms with Gasteiger partial charge < -0.3 is 4.79 Å². The number of aldehydes is 1. The third kappa shape index (κ3) is 0.832. The maximum absolute atomic E-state index is 10.5. The van der Waals surface area contributed by atoms with Gasteiger partial charge in [-0.3, -0.25) is 15.1 Å². The zero-order valence-electron chi connectivity index (χ0n) is 5.77. The summed E-state index contributed by atoms with van der Waals surface area (Å²) in [6.45, 7) is 0. The number of rotatable bonds is 1. The standard InChI is InChI=1S/C7H7N3O/c11-4-6-7-2-1-3-10(7)9-5-8-6/h1-6H,(H,8,9). The fourth-order valence-electron chi connectivity index (χ4n) is 1.11. The lowest BCUT2D eigenvalue weighted by atomic mass is 10.2. The Morgan fingerprint density at radius 1 is 1.73 bits per heavy atom. The Balaban J connectivity index is 2.46. The Bertz CT molecular complexity index is 302. The molecule has 0 aromatic carbocycles. The Hall–Kier alpha value is -1.58. The minimum absolute atomic E-state index is 0.341. The summed E-state index contributed by atoms with van der Waals surface area (Å²) in [7, 11) is 0. The first-order valence-corrected chi connectivity index (χ1v) is 3.32. The Kier molecular flexibility index (Phi) is 1.25. The lowest BCUT2D eigenvalue weighted by Crippen LogP contribution is -2.21. The van der Waals surface area contributed by atoms with Crippen molar-refractivity contribution < 1.29 is 4.79 Å². The van der Waals surface area contributed by atoms with E-state index in [-0.39, 0.29) is 6.04 Å². The first kappa shape index (κ1) is 6.15. The number of aromatic nitrogens is 1.